The summed E-state index contributed by atoms with van der Waals surface area (Å²) in [6.07, 6.45) is 2.24. The van der Waals surface area contributed by atoms with E-state index in [9.17, 15) is 0 Å². The molecule has 0 fully saturated rings. The lowest BCUT2D eigenvalue weighted by Crippen LogP contribution is -2.62. The molecule has 0 aromatic heterocycles. The molecule has 0 atom stereocenters. The van der Waals surface area contributed by atoms with E-state index in [2.05, 4.69) is 334 Å². The van der Waals surface area contributed by atoms with E-state index in [4.69, 9.17) is 0 Å². The van der Waals surface area contributed by atoms with Gasteiger partial charge in [-0.1, -0.05) is 247 Å². The van der Waals surface area contributed by atoms with Gasteiger partial charge in [0.2, 0.25) is 0 Å². The monoisotopic (exact) mass is 1130 g/mol. The number of hydrogen-bond donors (Lipinski definition) is 0. The van der Waals surface area contributed by atoms with Crippen LogP contribution in [0, 0.1) is 0 Å². The molecule has 0 saturated heterocycles. The maximum absolute atomic E-state index is 2.77. The van der Waals surface area contributed by atoms with Crippen LogP contribution in [0.3, 0.4) is 0 Å². The first-order valence-corrected chi connectivity index (χ1v) is 31.8. The second-order valence-corrected chi connectivity index (χ2v) is 31.9. The first-order chi connectivity index (χ1) is 40.3. The Morgan fingerprint density at radius 1 is 0.349 bits per heavy atom. The van der Waals surface area contributed by atoms with Crippen molar-refractivity contribution >= 4 is 74.3 Å². The van der Waals surface area contributed by atoms with Crippen LogP contribution in [0.15, 0.2) is 188 Å². The topological polar surface area (TPSA) is 9.72 Å². The average Bonchev–Trinajstić information content (AvgIpc) is 0.715. The molecular weight excluding hydrogens is 1040 g/mol. The minimum Gasteiger partial charge on any atom is -0.311 e. The van der Waals surface area contributed by atoms with Gasteiger partial charge in [0, 0.05) is 50.9 Å². The zero-order valence-corrected chi connectivity index (χ0v) is 55.2. The fraction of sp³-hybridized carbons (Fsp3) is 0.341. The number of nitrogens with zero attached hydrogens (tertiary/aromatic N) is 3. The Bertz CT molecular complexity index is 3940. The number of fused-ring (bicyclic) bond motifs is 5. The van der Waals surface area contributed by atoms with Crippen molar-refractivity contribution in [3.63, 3.8) is 0 Å². The lowest BCUT2D eigenvalue weighted by Gasteiger charge is -2.48. The molecule has 3 aliphatic rings. The molecule has 12 rings (SSSR count). The molecule has 0 spiro atoms. The summed E-state index contributed by atoms with van der Waals surface area (Å²) in [5.41, 5.74) is 28.3. The Hall–Kier alpha value is -7.56. The van der Waals surface area contributed by atoms with Gasteiger partial charge in [-0.3, -0.25) is 0 Å². The van der Waals surface area contributed by atoms with Crippen LogP contribution in [-0.2, 0) is 37.9 Å². The van der Waals surface area contributed by atoms with Crippen molar-refractivity contribution in [2.24, 2.45) is 0 Å². The Balaban J connectivity index is 1.31. The fourth-order valence-electron chi connectivity index (χ4n) is 13.9. The van der Waals surface area contributed by atoms with Gasteiger partial charge in [0.25, 0.3) is 6.71 Å². The highest BCUT2D eigenvalue weighted by atomic mass is 15.2. The first kappa shape index (κ1) is 58.8. The minimum atomic E-state index is -0.145. The van der Waals surface area contributed by atoms with Gasteiger partial charge < -0.3 is 14.7 Å². The molecule has 4 heteroatoms. The van der Waals surface area contributed by atoms with Crippen molar-refractivity contribution in [1.82, 2.24) is 0 Å². The van der Waals surface area contributed by atoms with Crippen LogP contribution in [0.5, 0.6) is 0 Å². The normalized spacial score (nSPS) is 15.4. The van der Waals surface area contributed by atoms with Gasteiger partial charge in [0.05, 0.1) is 11.4 Å². The summed E-state index contributed by atoms with van der Waals surface area (Å²) in [7, 11) is 0. The second-order valence-electron chi connectivity index (χ2n) is 31.9. The van der Waals surface area contributed by atoms with Crippen molar-refractivity contribution in [2.75, 3.05) is 14.7 Å². The third-order valence-electron chi connectivity index (χ3n) is 19.5. The lowest BCUT2D eigenvalue weighted by atomic mass is 9.33. The predicted octanol–water partition coefficient (Wildman–Crippen LogP) is 21.4. The first-order valence-electron chi connectivity index (χ1n) is 31.8. The van der Waals surface area contributed by atoms with Crippen LogP contribution in [0.25, 0.3) is 22.3 Å². The SMILES string of the molecule is CC(C)(C)c1ccc(N(c2ccc(C(C)(C)C)cc2)c2cc3c4c(c2)N(c2c(-c5ccccc5)cc(C(C)(C)C)cc2-c2ccccc2)c2cc5c(cc2B4c2ccc(C(C)(C)C)cc2N3c2cccc(C(C)(C)C)c2)C(C)(C)CCC5(C)C)cc1. The van der Waals surface area contributed by atoms with E-state index in [1.54, 1.807) is 0 Å². The van der Waals surface area contributed by atoms with Crippen molar-refractivity contribution in [3.05, 3.63) is 227 Å². The maximum Gasteiger partial charge on any atom is 0.252 e. The summed E-state index contributed by atoms with van der Waals surface area (Å²) in [5.74, 6) is 0. The zero-order valence-electron chi connectivity index (χ0n) is 55.2. The molecule has 2 heterocycles. The molecule has 0 N–H and O–H groups in total. The van der Waals surface area contributed by atoms with Crippen LogP contribution >= 0.6 is 0 Å². The van der Waals surface area contributed by atoms with Crippen LogP contribution in [0.1, 0.15) is 183 Å². The molecule has 1 aliphatic carbocycles. The van der Waals surface area contributed by atoms with Crippen molar-refractivity contribution < 1.29 is 0 Å². The summed E-state index contributed by atoms with van der Waals surface area (Å²) in [5, 5.41) is 0. The fourth-order valence-corrected chi connectivity index (χ4v) is 13.9. The highest BCUT2D eigenvalue weighted by Crippen LogP contribution is 2.56. The molecule has 0 bridgehead atoms. The maximum atomic E-state index is 2.77. The van der Waals surface area contributed by atoms with E-state index < -0.39 is 0 Å². The van der Waals surface area contributed by atoms with Gasteiger partial charge in [-0.25, -0.2) is 0 Å². The molecule has 0 radical (unpaired) electrons. The Labute approximate surface area is 517 Å². The van der Waals surface area contributed by atoms with E-state index in [1.165, 1.54) is 106 Å². The van der Waals surface area contributed by atoms with Crippen molar-refractivity contribution in [1.29, 1.82) is 0 Å². The van der Waals surface area contributed by atoms with Gasteiger partial charge >= 0.3 is 0 Å². The van der Waals surface area contributed by atoms with Gasteiger partial charge in [0.1, 0.15) is 0 Å². The van der Waals surface area contributed by atoms with Crippen LogP contribution in [0.4, 0.5) is 51.2 Å². The van der Waals surface area contributed by atoms with Gasteiger partial charge in [0.15, 0.2) is 0 Å². The zero-order chi connectivity index (χ0) is 61.4. The van der Waals surface area contributed by atoms with E-state index in [0.29, 0.717) is 0 Å². The van der Waals surface area contributed by atoms with Crippen LogP contribution in [-0.4, -0.2) is 6.71 Å². The summed E-state index contributed by atoms with van der Waals surface area (Å²) in [6, 6.07) is 73.9. The van der Waals surface area contributed by atoms with Gasteiger partial charge in [-0.05, 0) is 190 Å². The highest BCUT2D eigenvalue weighted by Gasteiger charge is 2.48. The van der Waals surface area contributed by atoms with Gasteiger partial charge in [-0.15, -0.1) is 0 Å². The molecule has 0 unspecified atom stereocenters. The minimum absolute atomic E-state index is 0.0174. The summed E-state index contributed by atoms with van der Waals surface area (Å²) in [4.78, 5) is 7.97. The molecule has 438 valence electrons. The smallest absolute Gasteiger partial charge is 0.252 e. The van der Waals surface area contributed by atoms with E-state index >= 15 is 0 Å². The van der Waals surface area contributed by atoms with Crippen LogP contribution < -0.4 is 31.1 Å². The standard InChI is InChI=1S/C82H92BN3/c1-76(2,3)55-33-38-60(39-34-55)84(61-40-35-56(36-41-61)77(4,5)6)63-49-72-74-73(50-63)86(75-64(53-27-22-20-23-28-53)46-59(80(13,14)15)47-65(75)54-29-24-21-25-30-54)71-52-67-66(81(16,17)43-44-82(67,18)19)51-69(71)83(74)68-42-37-58(79(10,11)12)48-70(68)85(72)62-32-26-31-57(45-62)78(7,8)9/h20-42,45-52H,43-44H2,1-19H3. The summed E-state index contributed by atoms with van der Waals surface area (Å²) >= 11 is 0. The van der Waals surface area contributed by atoms with E-state index in [-0.39, 0.29) is 44.6 Å². The molecule has 2 aliphatic heterocycles. The molecule has 0 saturated carbocycles. The third-order valence-corrected chi connectivity index (χ3v) is 19.5. The van der Waals surface area contributed by atoms with E-state index in [1.807, 2.05) is 0 Å². The quantitative estimate of drug-likeness (QED) is 0.147. The molecule has 9 aromatic carbocycles. The van der Waals surface area contributed by atoms with E-state index in [0.717, 1.165) is 35.6 Å². The molecule has 9 aromatic rings. The number of rotatable bonds is 7. The van der Waals surface area contributed by atoms with Crippen molar-refractivity contribution in [2.45, 2.75) is 182 Å². The lowest BCUT2D eigenvalue weighted by molar-refractivity contribution is 0.332. The molecular formula is C82H92BN3. The largest absolute Gasteiger partial charge is 0.311 e. The number of anilines is 9. The molecule has 86 heavy (non-hydrogen) atoms. The third kappa shape index (κ3) is 10.4. The predicted molar refractivity (Wildman–Crippen MR) is 375 cm³/mol. The van der Waals surface area contributed by atoms with Crippen molar-refractivity contribution in [3.8, 4) is 22.3 Å². The Kier molecular flexibility index (Phi) is 14.0. The summed E-state index contributed by atoms with van der Waals surface area (Å²) in [6.45, 7) is 45.0. The Morgan fingerprint density at radius 3 is 1.26 bits per heavy atom. The average molecular weight is 1130 g/mol. The van der Waals surface area contributed by atoms with Crippen LogP contribution in [0.2, 0.25) is 0 Å². The second kappa shape index (κ2) is 20.5. The number of benzene rings is 9. The summed E-state index contributed by atoms with van der Waals surface area (Å²) < 4.78 is 0. The number of hydrogen-bond acceptors (Lipinski definition) is 3. The van der Waals surface area contributed by atoms with Gasteiger partial charge in [-0.2, -0.15) is 0 Å². The molecule has 3 nitrogen and oxygen atoms in total. The Morgan fingerprint density at radius 2 is 0.779 bits per heavy atom. The highest BCUT2D eigenvalue weighted by molar-refractivity contribution is 7.00. The molecule has 0 amide bonds.